The van der Waals surface area contributed by atoms with E-state index >= 15 is 0 Å². The van der Waals surface area contributed by atoms with Gasteiger partial charge in [0.2, 0.25) is 29.0 Å². The number of nitrogens with one attached hydrogen (secondary N) is 3. The number of alkyl carbamates (subject to hydrolysis) is 1. The Morgan fingerprint density at radius 1 is 0.908 bits per heavy atom. The van der Waals surface area contributed by atoms with Crippen LogP contribution in [0, 0.1) is 34.2 Å². The average molecular weight is 1550 g/mol. The molecule has 1 aromatic rings. The fourth-order valence-corrected chi connectivity index (χ4v) is 16.1. The van der Waals surface area contributed by atoms with E-state index in [2.05, 4.69) is 39.8 Å². The van der Waals surface area contributed by atoms with Crippen LogP contribution in [0.4, 0.5) is 4.79 Å². The number of rotatable bonds is 28. The quantitative estimate of drug-likeness (QED) is 0.0178. The average Bonchev–Trinajstić information content (AvgIpc) is 0.758. The van der Waals surface area contributed by atoms with E-state index in [1.165, 1.54) is 67.1 Å². The van der Waals surface area contributed by atoms with Gasteiger partial charge in [0.05, 0.1) is 117 Å². The second kappa shape index (κ2) is 36.6. The summed E-state index contributed by atoms with van der Waals surface area (Å²) in [5.74, 6) is 9.99. The standard InChI is InChI=1S/C64H90IN5O25S3/c1-13-70(42(76)25-66)36-28-88-29-40(52(36)83-8)92-56-50(78)47(69-95-43-22-37(73)58(33(5)89-43)97-59(80)44-30(2)46(65)54(57(86-11)53(44)84-9)94-60-51(79)55(85-10)49(77)32(4)91-60)31(3)90-61(56)93-39-18-16-14-15-17-20-64(82)23-38(74)48(68-62(81)87-12)45(39)35(64)19-21-96-98-63(6,7)24-41(75)67-26-34(72)27-71/h14-15,19,31-34,36-37,39-40,43,47,49-52,55-56,58,60-61,69,71-73,77-79,82H,13,21-29,66H2,1-12H3,(H,67,75)(H,68,81)/b15-14-,35-19+/t31?,32?,33?,34?,36?,37?,39-,40?,43?,47?,49?,50?,51?,52?,55?,56?,58?,60?,61?,64-/m0/s1. The highest BCUT2D eigenvalue weighted by molar-refractivity contribution is 14.1. The number of hydrogen-bond acceptors (Lipinski definition) is 30. The lowest BCUT2D eigenvalue weighted by Crippen LogP contribution is -2.66. The number of ketones is 1. The number of halogens is 1. The number of amides is 3. The number of fused-ring (bicyclic) bond motifs is 2. The lowest BCUT2D eigenvalue weighted by Gasteiger charge is -2.48. The monoisotopic (exact) mass is 1550 g/mol. The molecule has 0 spiro atoms. The van der Waals surface area contributed by atoms with Crippen LogP contribution in [0.15, 0.2) is 35.1 Å². The number of aliphatic hydroxyl groups excluding tert-OH is 6. The molecule has 0 radical (unpaired) electrons. The van der Waals surface area contributed by atoms with Crippen molar-refractivity contribution in [3.05, 3.63) is 49.8 Å². The molecule has 4 saturated heterocycles. The molecule has 20 atom stereocenters. The molecule has 7 rings (SSSR count). The lowest BCUT2D eigenvalue weighted by molar-refractivity contribution is -0.323. The summed E-state index contributed by atoms with van der Waals surface area (Å²) >= 11 is 2.77. The molecular weight excluding hydrogens is 1460 g/mol. The molecule has 12 N–H and O–H groups in total. The number of thioether (sulfide) groups is 1. The Bertz CT molecular complexity index is 3210. The topological polar surface area (TPSA) is 412 Å². The molecule has 546 valence electrons. The fraction of sp³-hybridized carbons (Fsp3) is 0.672. The summed E-state index contributed by atoms with van der Waals surface area (Å²) < 4.78 is 72.4. The van der Waals surface area contributed by atoms with Crippen LogP contribution in [-0.4, -0.2) is 276 Å². The minimum Gasteiger partial charge on any atom is -0.492 e. The van der Waals surface area contributed by atoms with Crippen LogP contribution >= 0.6 is 55.9 Å². The number of likely N-dealkylation sites (N-methyl/N-ethyl adjacent to an activating group) is 1. The highest BCUT2D eigenvalue weighted by Gasteiger charge is 2.53. The maximum atomic E-state index is 14.5. The summed E-state index contributed by atoms with van der Waals surface area (Å²) in [6.45, 7) is 11.0. The van der Waals surface area contributed by atoms with E-state index in [0.717, 1.165) is 18.9 Å². The van der Waals surface area contributed by atoms with Crippen LogP contribution in [0.5, 0.6) is 17.2 Å². The molecule has 30 nitrogen and oxygen atoms in total. The smallest absolute Gasteiger partial charge is 0.411 e. The van der Waals surface area contributed by atoms with Gasteiger partial charge in [0.25, 0.3) is 0 Å². The molecule has 1 aromatic carbocycles. The van der Waals surface area contributed by atoms with E-state index in [0.29, 0.717) is 9.13 Å². The molecule has 98 heavy (non-hydrogen) atoms. The number of benzene rings is 1. The summed E-state index contributed by atoms with van der Waals surface area (Å²) in [5, 5.41) is 81.6. The number of carbonyl (C=O) groups excluding carboxylic acids is 5. The fourth-order valence-electron chi connectivity index (χ4n) is 12.0. The van der Waals surface area contributed by atoms with Gasteiger partial charge in [-0.05, 0) is 88.8 Å². The molecule has 18 unspecified atom stereocenters. The summed E-state index contributed by atoms with van der Waals surface area (Å²) in [4.78, 5) is 75.9. The molecule has 2 aliphatic carbocycles. The van der Waals surface area contributed by atoms with Gasteiger partial charge in [-0.2, -0.15) is 5.48 Å². The highest BCUT2D eigenvalue weighted by Crippen LogP contribution is 2.49. The zero-order chi connectivity index (χ0) is 72.1. The van der Waals surface area contributed by atoms with Gasteiger partial charge in [0, 0.05) is 61.8 Å². The molecule has 4 heterocycles. The van der Waals surface area contributed by atoms with Crippen LogP contribution in [0.25, 0.3) is 0 Å². The predicted molar refractivity (Wildman–Crippen MR) is 364 cm³/mol. The van der Waals surface area contributed by atoms with Gasteiger partial charge < -0.3 is 109 Å². The first-order valence-electron chi connectivity index (χ1n) is 31.5. The summed E-state index contributed by atoms with van der Waals surface area (Å²) in [7, 11) is 9.13. The van der Waals surface area contributed by atoms with Crippen molar-refractivity contribution in [1.82, 2.24) is 21.0 Å². The van der Waals surface area contributed by atoms with Crippen molar-refractivity contribution >= 4 is 84.7 Å². The number of hydroxylamine groups is 1. The Balaban J connectivity index is 1.17. The molecule has 4 fully saturated rings. The van der Waals surface area contributed by atoms with Gasteiger partial charge >= 0.3 is 6.09 Å². The predicted octanol–water partition coefficient (Wildman–Crippen LogP) is 0.407. The van der Waals surface area contributed by atoms with Crippen LogP contribution in [0.3, 0.4) is 0 Å². The first kappa shape index (κ1) is 80.9. The first-order chi connectivity index (χ1) is 46.6. The van der Waals surface area contributed by atoms with Crippen molar-refractivity contribution in [3.63, 3.8) is 0 Å². The Morgan fingerprint density at radius 2 is 1.60 bits per heavy atom. The number of nitrogens with zero attached hydrogens (tertiary/aromatic N) is 1. The van der Waals surface area contributed by atoms with Gasteiger partial charge in [0.15, 0.2) is 35.5 Å². The third-order valence-corrected chi connectivity index (χ3v) is 22.8. The number of methoxy groups -OCH3 is 5. The number of aliphatic hydroxyl groups is 7. The van der Waals surface area contributed by atoms with Gasteiger partial charge in [-0.25, -0.2) is 4.79 Å². The molecule has 0 aromatic heterocycles. The molecular formula is C64H90IN5O25S3. The third kappa shape index (κ3) is 19.2. The SMILES string of the molecule is CCN(C(=O)CN)C1COCC(OC2C(O[C@H]3C#C/C=C\C#C[C@]4(O)CC(=O)C(NC(=O)OC)=C3/C4=C\CSSC(C)(C)CC(=O)NCC(O)CO)OC(C)C(NOC3CC(O)C(SC(=O)c4c(C)c(I)c(OC5OC(C)C(O)C(OC)C5O)c(OC)c4OC)C(C)O3)C2O)C1OC. The van der Waals surface area contributed by atoms with Crippen molar-refractivity contribution in [2.75, 3.05) is 80.8 Å². The number of carbonyl (C=O) groups is 5. The minimum absolute atomic E-state index is 0.000311. The molecule has 4 aliphatic heterocycles. The van der Waals surface area contributed by atoms with E-state index in [-0.39, 0.29) is 97.0 Å². The molecule has 6 aliphatic rings. The van der Waals surface area contributed by atoms with Gasteiger partial charge in [0.1, 0.15) is 48.8 Å². The van der Waals surface area contributed by atoms with E-state index in [1.807, 2.05) is 36.4 Å². The third-order valence-electron chi connectivity index (χ3n) is 17.0. The van der Waals surface area contributed by atoms with Gasteiger partial charge in [-0.1, -0.05) is 63.1 Å². The molecule has 3 amide bonds. The van der Waals surface area contributed by atoms with E-state index < -0.39 is 162 Å². The van der Waals surface area contributed by atoms with Crippen molar-refractivity contribution in [2.24, 2.45) is 5.73 Å². The van der Waals surface area contributed by atoms with E-state index in [9.17, 15) is 59.7 Å². The second-order valence-electron chi connectivity index (χ2n) is 24.3. The largest absolute Gasteiger partial charge is 0.492 e. The maximum Gasteiger partial charge on any atom is 0.411 e. The van der Waals surface area contributed by atoms with Crippen molar-refractivity contribution in [1.29, 1.82) is 0 Å². The van der Waals surface area contributed by atoms with Crippen LogP contribution < -0.4 is 36.1 Å². The first-order valence-corrected chi connectivity index (χ1v) is 35.8. The molecule has 34 heteroatoms. The second-order valence-corrected chi connectivity index (χ2v) is 29.6. The molecule has 2 bridgehead atoms. The Labute approximate surface area is 594 Å². The zero-order valence-electron chi connectivity index (χ0n) is 56.4. The Morgan fingerprint density at radius 3 is 2.24 bits per heavy atom. The maximum absolute atomic E-state index is 14.5. The number of Topliss-reactive ketones (excluding diaryl/α,β-unsaturated/α-hetero) is 1. The Kier molecular flexibility index (Phi) is 30.2. The minimum atomic E-state index is -2.23. The number of nitrogens with two attached hydrogens (primary N) is 1. The van der Waals surface area contributed by atoms with E-state index in [4.69, 9.17) is 67.4 Å². The van der Waals surface area contributed by atoms with Crippen LogP contribution in [0.2, 0.25) is 0 Å². The Hall–Kier alpha value is -4.43. The van der Waals surface area contributed by atoms with Crippen molar-refractivity contribution in [2.45, 2.75) is 194 Å². The normalized spacial score (nSPS) is 32.9. The number of hydrogen-bond donors (Lipinski definition) is 11. The van der Waals surface area contributed by atoms with E-state index in [1.54, 1.807) is 40.7 Å². The summed E-state index contributed by atoms with van der Waals surface area (Å²) in [6.07, 6.45) is -17.5. The highest BCUT2D eigenvalue weighted by atomic mass is 127. The lowest BCUT2D eigenvalue weighted by atomic mass is 9.75. The van der Waals surface area contributed by atoms with Gasteiger partial charge in [-0.3, -0.25) is 29.3 Å². The van der Waals surface area contributed by atoms with Crippen molar-refractivity contribution < 1.29 is 121 Å². The van der Waals surface area contributed by atoms with Gasteiger partial charge in [-0.15, -0.1) is 0 Å². The number of ether oxygens (including phenoxy) is 12. The number of allylic oxidation sites excluding steroid dienone is 3. The van der Waals surface area contributed by atoms with Crippen LogP contribution in [-0.2, 0) is 61.9 Å². The summed E-state index contributed by atoms with van der Waals surface area (Å²) in [6, 6.07) is -1.97. The van der Waals surface area contributed by atoms with Crippen LogP contribution in [0.1, 0.15) is 76.7 Å². The van der Waals surface area contributed by atoms with Crippen molar-refractivity contribution in [3.8, 4) is 40.9 Å². The zero-order valence-corrected chi connectivity index (χ0v) is 61.0. The summed E-state index contributed by atoms with van der Waals surface area (Å²) in [5.41, 5.74) is 6.46. The molecule has 0 saturated carbocycles.